The van der Waals surface area contributed by atoms with Crippen LogP contribution >= 0.6 is 7.82 Å². The summed E-state index contributed by atoms with van der Waals surface area (Å²) < 4.78 is 95.1. The van der Waals surface area contributed by atoms with Crippen molar-refractivity contribution in [3.8, 4) is 17.4 Å². The molecular weight excluding hydrogens is 1100 g/mol. The number of para-hydroxylation sites is 1. The van der Waals surface area contributed by atoms with Crippen molar-refractivity contribution in [3.05, 3.63) is 94.2 Å². The van der Waals surface area contributed by atoms with Gasteiger partial charge in [-0.1, -0.05) is 18.2 Å². The Morgan fingerprint density at radius 2 is 1.68 bits per heavy atom. The van der Waals surface area contributed by atoms with Gasteiger partial charge in [0.15, 0.2) is 11.4 Å². The van der Waals surface area contributed by atoms with Crippen LogP contribution in [0, 0.1) is 15.5 Å². The van der Waals surface area contributed by atoms with Gasteiger partial charge in [-0.15, -0.1) is 0 Å². The van der Waals surface area contributed by atoms with E-state index < -0.39 is 62.7 Å². The average molecular weight is 1170 g/mol. The molecule has 25 heteroatoms. The topological polar surface area (TPSA) is 270 Å². The Morgan fingerprint density at radius 3 is 2.43 bits per heavy atom. The highest BCUT2D eigenvalue weighted by Crippen LogP contribution is 2.53. The lowest BCUT2D eigenvalue weighted by Crippen LogP contribution is -2.53. The van der Waals surface area contributed by atoms with E-state index in [-0.39, 0.29) is 79.5 Å². The number of nitrogens with one attached hydrogen (secondary N) is 3. The fourth-order valence-corrected chi connectivity index (χ4v) is 15.5. The summed E-state index contributed by atoms with van der Waals surface area (Å²) in [5.41, 5.74) is -0.524. The monoisotopic (exact) mass is 1170 g/mol. The molecule has 5 N–H and O–H groups in total. The number of halogens is 1. The number of nitro groups is 1. The molecule has 1 spiro atoms. The largest absolute Gasteiger partial charge is 0.491 e. The van der Waals surface area contributed by atoms with E-state index in [2.05, 4.69) is 43.0 Å². The Hall–Kier alpha value is -6.11. The van der Waals surface area contributed by atoms with Gasteiger partial charge >= 0.3 is 7.82 Å². The van der Waals surface area contributed by atoms with Crippen molar-refractivity contribution in [2.24, 2.45) is 5.41 Å². The van der Waals surface area contributed by atoms with Crippen LogP contribution in [-0.2, 0) is 28.6 Å². The summed E-state index contributed by atoms with van der Waals surface area (Å²) in [7, 11) is -9.75. The van der Waals surface area contributed by atoms with Gasteiger partial charge in [0.25, 0.3) is 21.6 Å². The van der Waals surface area contributed by atoms with Crippen LogP contribution in [0.3, 0.4) is 0 Å². The summed E-state index contributed by atoms with van der Waals surface area (Å²) in [5.74, 6) is -0.0170. The van der Waals surface area contributed by atoms with Gasteiger partial charge < -0.3 is 53.6 Å². The summed E-state index contributed by atoms with van der Waals surface area (Å²) in [4.78, 5) is 60.0. The van der Waals surface area contributed by atoms with Crippen LogP contribution in [0.4, 0.5) is 32.8 Å². The minimum absolute atomic E-state index is 0.0161. The third-order valence-electron chi connectivity index (χ3n) is 18.2. The number of nitro benzene ring substituents is 1. The van der Waals surface area contributed by atoms with E-state index in [0.717, 1.165) is 87.1 Å². The summed E-state index contributed by atoms with van der Waals surface area (Å²) in [6.45, 7) is 9.59. The number of aromatic amines is 1. The molecule has 5 fully saturated rings. The fourth-order valence-electron chi connectivity index (χ4n) is 13.7. The third-order valence-corrected chi connectivity index (χ3v) is 20.2. The lowest BCUT2D eigenvalue weighted by Gasteiger charge is -2.50. The number of anilines is 4. The van der Waals surface area contributed by atoms with Crippen molar-refractivity contribution < 1.29 is 65.1 Å². The molecular formula is C57H70FN8O14PS. The number of pyridine rings is 1. The van der Waals surface area contributed by atoms with Gasteiger partial charge in [0.2, 0.25) is 5.88 Å². The lowest BCUT2D eigenvalue weighted by molar-refractivity contribution is -0.384. The first-order valence-electron chi connectivity index (χ1n) is 28.4. The van der Waals surface area contributed by atoms with Gasteiger partial charge in [0.05, 0.1) is 70.7 Å². The molecule has 12 rings (SSSR count). The van der Waals surface area contributed by atoms with Gasteiger partial charge in [0.1, 0.15) is 35.5 Å². The first-order valence-corrected chi connectivity index (χ1v) is 31.4. The number of phosphoric acid groups is 1. The number of H-pyrrole nitrogens is 1. The normalized spacial score (nSPS) is 26.9. The maximum Gasteiger partial charge on any atom is 0.470 e. The van der Waals surface area contributed by atoms with Crippen LogP contribution in [-0.4, -0.2) is 138 Å². The van der Waals surface area contributed by atoms with Crippen molar-refractivity contribution in [2.45, 2.75) is 144 Å². The highest BCUT2D eigenvalue weighted by Gasteiger charge is 2.51. The zero-order valence-electron chi connectivity index (χ0n) is 46.1. The van der Waals surface area contributed by atoms with Crippen molar-refractivity contribution >= 4 is 63.2 Å². The number of nitrogens with zero attached hydrogens (tertiary/aromatic N) is 5. The summed E-state index contributed by atoms with van der Waals surface area (Å²) in [6.07, 6.45) is 7.61. The fraction of sp³-hybridized carbons (Fsp3) is 0.544. The second-order valence-corrected chi connectivity index (χ2v) is 26.6. The molecule has 0 bridgehead atoms. The Morgan fingerprint density at radius 1 is 0.927 bits per heavy atom. The second-order valence-electron chi connectivity index (χ2n) is 23.7. The molecule has 440 valence electrons. The molecule has 82 heavy (non-hydrogen) atoms. The zero-order chi connectivity index (χ0) is 57.3. The molecule has 7 aliphatic rings. The number of ether oxygens (including phenoxy) is 5. The summed E-state index contributed by atoms with van der Waals surface area (Å²) in [5, 5.41) is 16.4. The number of rotatable bonds is 13. The van der Waals surface area contributed by atoms with Gasteiger partial charge in [0, 0.05) is 67.2 Å². The van der Waals surface area contributed by atoms with Gasteiger partial charge in [-0.25, -0.2) is 22.1 Å². The summed E-state index contributed by atoms with van der Waals surface area (Å²) >= 11 is 0. The van der Waals surface area contributed by atoms with E-state index in [9.17, 15) is 37.7 Å². The molecule has 3 saturated heterocycles. The predicted octanol–water partition coefficient (Wildman–Crippen LogP) is 8.99. The number of hydrogen-bond donors (Lipinski definition) is 5. The maximum atomic E-state index is 16.7. The second kappa shape index (κ2) is 21.8. The van der Waals surface area contributed by atoms with E-state index in [1.54, 1.807) is 12.3 Å². The van der Waals surface area contributed by atoms with Crippen molar-refractivity contribution in [2.75, 3.05) is 67.8 Å². The van der Waals surface area contributed by atoms with Crippen LogP contribution in [0.25, 0.3) is 11.0 Å². The standard InChI is InChI=1S/C57H70FN8O14PS/c1-35(2)78-47-7-5-4-6-40(47)46-32-76-27-25-64(46)37-10-14-56(15-11-37)20-23-63(24-21-56)38-8-9-41(43(29-38)65-42-13-26-75-33-49(42)79-54-45(65)28-36-12-22-59-52(36)61-54)53(67)62-82(73,74)39-30-44(66(68)69)51-48(31-39)77-34-50(60-51)57(58)18-16-55(3,17-19-57)80-81(70,71)72/h4-9,12,22,28-31,35,37,42,46,49-50,60H,10-11,13-21,23-27,32-34H2,1-3H3,(H,59,61)(H,62,67)(H2,70,71,72)/t42-,46-,49-,50+,55?,57?/m0/s1. The molecule has 3 aromatic carbocycles. The number of benzene rings is 3. The molecule has 7 heterocycles. The first kappa shape index (κ1) is 56.4. The Balaban J connectivity index is 0.806. The average Bonchev–Trinajstić information content (AvgIpc) is 3.66. The lowest BCUT2D eigenvalue weighted by atomic mass is 9.66. The third kappa shape index (κ3) is 11.1. The molecule has 1 amide bonds. The smallest absolute Gasteiger partial charge is 0.470 e. The molecule has 0 radical (unpaired) electrons. The van der Waals surface area contributed by atoms with Crippen LogP contribution in [0.1, 0.15) is 113 Å². The van der Waals surface area contributed by atoms with Crippen molar-refractivity contribution in [1.29, 1.82) is 0 Å². The highest BCUT2D eigenvalue weighted by molar-refractivity contribution is 7.90. The SMILES string of the molecule is CC(C)Oc1ccccc1[C@@H]1COCCN1C1CCC2(CC1)CCN(c1ccc(C(=O)NS(=O)(=O)c3cc4c(c([N+](=O)[O-])c3)N[C@@H](C3(F)CCC(C)(OP(=O)(O)O)CC3)CO4)c(N3c4cc5cc[nH]c5nc4O[C@H]4COCC[C@@H]43)c1)CC2. The molecule has 4 atom stereocenters. The van der Waals surface area contributed by atoms with E-state index in [4.69, 9.17) is 33.2 Å². The molecule has 2 aliphatic carbocycles. The van der Waals surface area contributed by atoms with E-state index in [1.165, 1.54) is 12.5 Å². The van der Waals surface area contributed by atoms with Gasteiger partial charge in [-0.05, 0) is 133 Å². The number of fused-ring (bicyclic) bond motifs is 4. The van der Waals surface area contributed by atoms with E-state index in [0.29, 0.717) is 55.2 Å². The number of piperidine rings is 1. The first-order chi connectivity index (χ1) is 39.2. The number of hydrogen-bond acceptors (Lipinski definition) is 17. The number of morpholine rings is 1. The molecule has 5 aliphatic heterocycles. The Labute approximate surface area is 474 Å². The quantitative estimate of drug-likeness (QED) is 0.0418. The Kier molecular flexibility index (Phi) is 15.0. The molecule has 2 saturated carbocycles. The van der Waals surface area contributed by atoms with E-state index >= 15 is 4.39 Å². The molecule has 0 unspecified atom stereocenters. The predicted molar refractivity (Wildman–Crippen MR) is 301 cm³/mol. The highest BCUT2D eigenvalue weighted by atomic mass is 32.2. The zero-order valence-corrected chi connectivity index (χ0v) is 47.8. The number of alkyl halides is 1. The minimum Gasteiger partial charge on any atom is -0.491 e. The molecule has 5 aromatic rings. The van der Waals surface area contributed by atoms with Crippen molar-refractivity contribution in [1.82, 2.24) is 19.6 Å². The van der Waals surface area contributed by atoms with Crippen LogP contribution in [0.5, 0.6) is 17.4 Å². The Bertz CT molecular complexity index is 3410. The van der Waals surface area contributed by atoms with Gasteiger partial charge in [-0.3, -0.25) is 24.3 Å². The van der Waals surface area contributed by atoms with E-state index in [1.807, 2.05) is 49.1 Å². The molecule has 22 nitrogen and oxygen atoms in total. The number of amides is 1. The van der Waals surface area contributed by atoms with Gasteiger partial charge in [-0.2, -0.15) is 4.98 Å². The molecule has 2 aromatic heterocycles. The van der Waals surface area contributed by atoms with Crippen LogP contribution < -0.4 is 34.0 Å². The van der Waals surface area contributed by atoms with Crippen LogP contribution in [0.15, 0.2) is 77.8 Å². The minimum atomic E-state index is -4.87. The number of carbonyl (C=O) groups is 1. The maximum absolute atomic E-state index is 16.7. The van der Waals surface area contributed by atoms with Crippen molar-refractivity contribution in [3.63, 3.8) is 0 Å². The number of sulfonamides is 1. The summed E-state index contributed by atoms with van der Waals surface area (Å²) in [6, 6.07) is 18.4. The number of aromatic nitrogens is 2. The number of carbonyl (C=O) groups excluding carboxylic acids is 1. The van der Waals surface area contributed by atoms with Crippen LogP contribution in [0.2, 0.25) is 0 Å². The number of phosphoric ester groups is 1.